The molecule has 2 rings (SSSR count). The summed E-state index contributed by atoms with van der Waals surface area (Å²) in [6.07, 6.45) is 1.12. The topological polar surface area (TPSA) is 24.4 Å². The summed E-state index contributed by atoms with van der Waals surface area (Å²) in [7, 11) is 0. The second kappa shape index (κ2) is 7.37. The highest BCUT2D eigenvalue weighted by Gasteiger charge is 2.05. The van der Waals surface area contributed by atoms with Crippen LogP contribution in [0.3, 0.4) is 0 Å². The molecule has 0 spiro atoms. The molecule has 1 aliphatic rings. The Morgan fingerprint density at radius 3 is 2.76 bits per heavy atom. The van der Waals surface area contributed by atoms with Crippen molar-refractivity contribution in [1.82, 2.24) is 5.32 Å². The Balaban J connectivity index is 0.00000144. The Bertz CT molecular complexity index is 410. The van der Waals surface area contributed by atoms with Crippen LogP contribution in [-0.4, -0.2) is 18.3 Å². The Hall–Kier alpha value is -0.0900. The van der Waals surface area contributed by atoms with E-state index in [0.29, 0.717) is 10.0 Å². The van der Waals surface area contributed by atoms with Crippen LogP contribution in [-0.2, 0) is 5.75 Å². The lowest BCUT2D eigenvalue weighted by molar-refractivity contribution is 0.751. The van der Waals surface area contributed by atoms with Crippen molar-refractivity contribution >= 4 is 52.5 Å². The lowest BCUT2D eigenvalue weighted by atomic mass is 10.2. The summed E-state index contributed by atoms with van der Waals surface area (Å²) < 4.78 is 0. The van der Waals surface area contributed by atoms with Crippen molar-refractivity contribution < 1.29 is 0 Å². The van der Waals surface area contributed by atoms with Crippen molar-refractivity contribution in [2.45, 2.75) is 12.2 Å². The molecule has 0 aromatic heterocycles. The predicted molar refractivity (Wildman–Crippen MR) is 79.9 cm³/mol. The molecular formula is C11H13Cl3N2S. The fraction of sp³-hybridized carbons (Fsp3) is 0.364. The standard InChI is InChI=1S/C11H12Cl2N2S.ClH/c12-9-3-2-8(6-10(9)13)7-16-11-14-4-1-5-15-11;/h2-3,6H,1,4-5,7H2,(H,14,15);1H. The molecule has 0 amide bonds. The van der Waals surface area contributed by atoms with Gasteiger partial charge in [0.1, 0.15) is 0 Å². The van der Waals surface area contributed by atoms with Gasteiger partial charge in [0.25, 0.3) is 0 Å². The SMILES string of the molecule is Cl.Clc1ccc(CSC2=NCCCN2)cc1Cl. The van der Waals surface area contributed by atoms with Gasteiger partial charge in [0, 0.05) is 18.8 Å². The smallest absolute Gasteiger partial charge is 0.156 e. The summed E-state index contributed by atoms with van der Waals surface area (Å²) in [5, 5.41) is 5.50. The highest BCUT2D eigenvalue weighted by molar-refractivity contribution is 8.13. The van der Waals surface area contributed by atoms with Gasteiger partial charge in [0.2, 0.25) is 0 Å². The largest absolute Gasteiger partial charge is 0.365 e. The maximum absolute atomic E-state index is 5.95. The maximum Gasteiger partial charge on any atom is 0.156 e. The summed E-state index contributed by atoms with van der Waals surface area (Å²) in [6.45, 7) is 1.95. The van der Waals surface area contributed by atoms with Crippen LogP contribution in [0.25, 0.3) is 0 Å². The normalized spacial score (nSPS) is 14.6. The quantitative estimate of drug-likeness (QED) is 0.893. The van der Waals surface area contributed by atoms with Gasteiger partial charge in [-0.3, -0.25) is 4.99 Å². The van der Waals surface area contributed by atoms with Crippen molar-refractivity contribution in [2.75, 3.05) is 13.1 Å². The van der Waals surface area contributed by atoms with E-state index in [1.165, 1.54) is 0 Å². The molecule has 0 saturated heterocycles. The minimum Gasteiger partial charge on any atom is -0.365 e. The molecular weight excluding hydrogens is 299 g/mol. The molecule has 1 heterocycles. The summed E-state index contributed by atoms with van der Waals surface area (Å²) in [5.74, 6) is 0.864. The van der Waals surface area contributed by atoms with Gasteiger partial charge in [-0.25, -0.2) is 0 Å². The van der Waals surface area contributed by atoms with Crippen LogP contribution in [0.5, 0.6) is 0 Å². The van der Waals surface area contributed by atoms with Crippen LogP contribution in [0.2, 0.25) is 10.0 Å². The van der Waals surface area contributed by atoms with E-state index in [1.54, 1.807) is 11.8 Å². The first-order chi connectivity index (χ1) is 7.75. The van der Waals surface area contributed by atoms with Gasteiger partial charge < -0.3 is 5.32 Å². The van der Waals surface area contributed by atoms with Crippen molar-refractivity contribution in [3.8, 4) is 0 Å². The fourth-order valence-electron chi connectivity index (χ4n) is 1.39. The first-order valence-electron chi connectivity index (χ1n) is 5.11. The number of halogens is 3. The van der Waals surface area contributed by atoms with E-state index in [0.717, 1.165) is 36.0 Å². The van der Waals surface area contributed by atoms with Crippen LogP contribution in [0, 0.1) is 0 Å². The van der Waals surface area contributed by atoms with Crippen LogP contribution in [0.15, 0.2) is 23.2 Å². The van der Waals surface area contributed by atoms with E-state index >= 15 is 0 Å². The number of rotatable bonds is 2. The first-order valence-corrected chi connectivity index (χ1v) is 6.85. The Kier molecular flexibility index (Phi) is 6.49. The fourth-order valence-corrected chi connectivity index (χ4v) is 2.58. The second-order valence-corrected chi connectivity index (χ2v) is 5.28. The molecule has 0 atom stereocenters. The number of amidine groups is 1. The number of nitrogens with one attached hydrogen (secondary N) is 1. The number of aliphatic imine (C=N–C) groups is 1. The van der Waals surface area contributed by atoms with Crippen LogP contribution in [0.4, 0.5) is 0 Å². The van der Waals surface area contributed by atoms with Crippen LogP contribution in [0.1, 0.15) is 12.0 Å². The van der Waals surface area contributed by atoms with Crippen LogP contribution >= 0.6 is 47.4 Å². The molecule has 1 N–H and O–H groups in total. The van der Waals surface area contributed by atoms with Gasteiger partial charge in [-0.2, -0.15) is 0 Å². The van der Waals surface area contributed by atoms with Gasteiger partial charge in [-0.05, 0) is 24.1 Å². The lowest BCUT2D eigenvalue weighted by Gasteiger charge is -2.13. The summed E-state index contributed by atoms with van der Waals surface area (Å²) >= 11 is 13.5. The first kappa shape index (κ1) is 15.0. The van der Waals surface area contributed by atoms with E-state index in [9.17, 15) is 0 Å². The lowest BCUT2D eigenvalue weighted by Crippen LogP contribution is -2.26. The molecule has 0 unspecified atom stereocenters. The zero-order chi connectivity index (χ0) is 11.4. The van der Waals surface area contributed by atoms with E-state index in [4.69, 9.17) is 23.2 Å². The van der Waals surface area contributed by atoms with Crippen molar-refractivity contribution in [1.29, 1.82) is 0 Å². The number of benzene rings is 1. The van der Waals surface area contributed by atoms with Crippen molar-refractivity contribution in [3.05, 3.63) is 33.8 Å². The molecule has 1 aromatic carbocycles. The third-order valence-corrected chi connectivity index (χ3v) is 3.99. The average molecular weight is 312 g/mol. The molecule has 94 valence electrons. The number of nitrogens with zero attached hydrogens (tertiary/aromatic N) is 1. The monoisotopic (exact) mass is 310 g/mol. The highest BCUT2D eigenvalue weighted by atomic mass is 35.5. The molecule has 0 aliphatic carbocycles. The third-order valence-electron chi connectivity index (χ3n) is 2.23. The Morgan fingerprint density at radius 2 is 2.12 bits per heavy atom. The van der Waals surface area contributed by atoms with Gasteiger partial charge in [-0.15, -0.1) is 12.4 Å². The molecule has 17 heavy (non-hydrogen) atoms. The Labute approximate surface area is 122 Å². The summed E-state index contributed by atoms with van der Waals surface area (Å²) in [4.78, 5) is 4.39. The molecule has 0 saturated carbocycles. The summed E-state index contributed by atoms with van der Waals surface area (Å²) in [5.41, 5.74) is 1.16. The van der Waals surface area contributed by atoms with E-state index < -0.39 is 0 Å². The minimum absolute atomic E-state index is 0. The van der Waals surface area contributed by atoms with Crippen molar-refractivity contribution in [2.24, 2.45) is 4.99 Å². The average Bonchev–Trinajstić information content (AvgIpc) is 2.32. The molecule has 6 heteroatoms. The van der Waals surface area contributed by atoms with Gasteiger partial charge in [0.15, 0.2) is 5.17 Å². The van der Waals surface area contributed by atoms with Gasteiger partial charge in [-0.1, -0.05) is 41.0 Å². The predicted octanol–water partition coefficient (Wildman–Crippen LogP) is 4.00. The third kappa shape index (κ3) is 4.59. The molecule has 0 bridgehead atoms. The number of hydrogen-bond acceptors (Lipinski definition) is 3. The van der Waals surface area contributed by atoms with E-state index in [2.05, 4.69) is 10.3 Å². The molecule has 0 radical (unpaired) electrons. The maximum atomic E-state index is 5.95. The molecule has 1 aromatic rings. The highest BCUT2D eigenvalue weighted by Crippen LogP contribution is 2.24. The Morgan fingerprint density at radius 1 is 1.29 bits per heavy atom. The molecule has 0 fully saturated rings. The van der Waals surface area contributed by atoms with Gasteiger partial charge in [0.05, 0.1) is 10.0 Å². The summed E-state index contributed by atoms with van der Waals surface area (Å²) in [6, 6.07) is 5.72. The van der Waals surface area contributed by atoms with Crippen LogP contribution < -0.4 is 5.32 Å². The molecule has 2 nitrogen and oxygen atoms in total. The second-order valence-electron chi connectivity index (χ2n) is 3.50. The van der Waals surface area contributed by atoms with Gasteiger partial charge >= 0.3 is 0 Å². The van der Waals surface area contributed by atoms with E-state index in [-0.39, 0.29) is 12.4 Å². The number of thioether (sulfide) groups is 1. The number of hydrogen-bond donors (Lipinski definition) is 1. The molecule has 1 aliphatic heterocycles. The van der Waals surface area contributed by atoms with Crippen molar-refractivity contribution in [3.63, 3.8) is 0 Å². The van der Waals surface area contributed by atoms with E-state index in [1.807, 2.05) is 18.2 Å². The zero-order valence-electron chi connectivity index (χ0n) is 9.08. The minimum atomic E-state index is 0. The zero-order valence-corrected chi connectivity index (χ0v) is 12.2.